The van der Waals surface area contributed by atoms with Gasteiger partial charge < -0.3 is 43.2 Å². The number of carbonyl (C=O) groups is 1. The van der Waals surface area contributed by atoms with Crippen molar-refractivity contribution >= 4 is 22.7 Å². The third kappa shape index (κ3) is 10.3. The number of aromatic nitrogens is 1. The highest BCUT2D eigenvalue weighted by molar-refractivity contribution is 5.95. The molecular formula is C39H58N4O7. The van der Waals surface area contributed by atoms with Crippen molar-refractivity contribution in [1.82, 2.24) is 14.8 Å². The fourth-order valence-electron chi connectivity index (χ4n) is 6.88. The van der Waals surface area contributed by atoms with Crippen molar-refractivity contribution in [2.45, 2.75) is 98.0 Å². The van der Waals surface area contributed by atoms with Crippen LogP contribution in [0.3, 0.4) is 0 Å². The molecule has 1 unspecified atom stereocenters. The van der Waals surface area contributed by atoms with Crippen LogP contribution >= 0.6 is 0 Å². The van der Waals surface area contributed by atoms with Gasteiger partial charge in [-0.25, -0.2) is 9.78 Å². The molecule has 2 fully saturated rings. The molecule has 11 heteroatoms. The predicted octanol–water partition coefficient (Wildman–Crippen LogP) is 7.89. The van der Waals surface area contributed by atoms with Gasteiger partial charge in [-0.1, -0.05) is 0 Å². The van der Waals surface area contributed by atoms with Gasteiger partial charge in [0.1, 0.15) is 17.1 Å². The van der Waals surface area contributed by atoms with Crippen LogP contribution in [0.15, 0.2) is 34.7 Å². The van der Waals surface area contributed by atoms with Crippen LogP contribution < -0.4 is 14.8 Å². The first-order valence-electron chi connectivity index (χ1n) is 18.5. The van der Waals surface area contributed by atoms with Crippen LogP contribution in [0.2, 0.25) is 0 Å². The normalized spacial score (nSPS) is 16.7. The second-order valence-corrected chi connectivity index (χ2v) is 14.4. The molecule has 0 aliphatic carbocycles. The molecule has 3 aromatic rings. The van der Waals surface area contributed by atoms with Crippen LogP contribution in [0, 0.1) is 12.8 Å². The summed E-state index contributed by atoms with van der Waals surface area (Å²) in [4.78, 5) is 22.1. The Morgan fingerprint density at radius 3 is 2.36 bits per heavy atom. The summed E-state index contributed by atoms with van der Waals surface area (Å²) < 4.78 is 36.3. The van der Waals surface area contributed by atoms with Crippen LogP contribution in [0.5, 0.6) is 11.5 Å². The number of fused-ring (bicyclic) bond motifs is 1. The molecule has 50 heavy (non-hydrogen) atoms. The number of anilines is 1. The number of piperidine rings is 1. The minimum absolute atomic E-state index is 0.183. The number of nitrogens with one attached hydrogen (secondary N) is 1. The van der Waals surface area contributed by atoms with E-state index in [1.54, 1.807) is 7.11 Å². The summed E-state index contributed by atoms with van der Waals surface area (Å²) in [5.41, 5.74) is 1.84. The quantitative estimate of drug-likeness (QED) is 0.117. The van der Waals surface area contributed by atoms with E-state index in [4.69, 9.17) is 33.1 Å². The summed E-state index contributed by atoms with van der Waals surface area (Å²) in [6.45, 7) is 17.9. The number of aryl methyl sites for hydroxylation is 1. The molecule has 276 valence electrons. The Bertz CT molecular complexity index is 1520. The smallest absolute Gasteiger partial charge is 0.410 e. The lowest BCUT2D eigenvalue weighted by molar-refractivity contribution is -0.147. The first-order chi connectivity index (χ1) is 24.1. The van der Waals surface area contributed by atoms with Crippen LogP contribution in [-0.4, -0.2) is 98.5 Å². The molecule has 2 aliphatic heterocycles. The number of hydrogen-bond donors (Lipinski definition) is 1. The molecule has 5 rings (SSSR count). The SMILES string of the molecule is CCOC(OCC)C(CC1CCN(C(=O)OC(C)(C)C)CC1)Nc1cc(-c2ccc(C)o2)nc2cc(OCCCN3CCCC3)c(OC)cc12. The van der Waals surface area contributed by atoms with E-state index < -0.39 is 11.9 Å². The van der Waals surface area contributed by atoms with Crippen molar-refractivity contribution < 1.29 is 32.9 Å². The number of rotatable bonds is 16. The Labute approximate surface area is 297 Å². The summed E-state index contributed by atoms with van der Waals surface area (Å²) >= 11 is 0. The highest BCUT2D eigenvalue weighted by Gasteiger charge is 2.32. The van der Waals surface area contributed by atoms with Gasteiger partial charge in [-0.2, -0.15) is 0 Å². The number of amides is 1. The van der Waals surface area contributed by atoms with Crippen molar-refractivity contribution in [3.63, 3.8) is 0 Å². The number of furan rings is 1. The lowest BCUT2D eigenvalue weighted by Crippen LogP contribution is -2.44. The van der Waals surface area contributed by atoms with E-state index >= 15 is 0 Å². The number of nitrogens with zero attached hydrogens (tertiary/aromatic N) is 3. The van der Waals surface area contributed by atoms with Gasteiger partial charge in [-0.05, 0) is 123 Å². The van der Waals surface area contributed by atoms with E-state index in [2.05, 4.69) is 10.2 Å². The van der Waals surface area contributed by atoms with E-state index in [0.29, 0.717) is 61.8 Å². The Kier molecular flexibility index (Phi) is 13.3. The molecule has 4 heterocycles. The van der Waals surface area contributed by atoms with Crippen molar-refractivity contribution in [3.05, 3.63) is 36.1 Å². The molecule has 0 saturated carbocycles. The third-order valence-electron chi connectivity index (χ3n) is 9.35. The first-order valence-corrected chi connectivity index (χ1v) is 18.5. The van der Waals surface area contributed by atoms with Gasteiger partial charge in [-0.3, -0.25) is 0 Å². The average Bonchev–Trinajstić information content (AvgIpc) is 3.77. The van der Waals surface area contributed by atoms with Gasteiger partial charge in [0.05, 0.1) is 25.3 Å². The van der Waals surface area contributed by atoms with Crippen LogP contribution in [0.1, 0.15) is 78.9 Å². The van der Waals surface area contributed by atoms with Crippen LogP contribution in [0.4, 0.5) is 10.5 Å². The Morgan fingerprint density at radius 2 is 1.74 bits per heavy atom. The molecule has 11 nitrogen and oxygen atoms in total. The molecule has 1 amide bonds. The maximum absolute atomic E-state index is 12.8. The number of ether oxygens (including phenoxy) is 5. The zero-order chi connectivity index (χ0) is 35.7. The van der Waals surface area contributed by atoms with E-state index in [1.165, 1.54) is 25.9 Å². The molecule has 1 atom stereocenters. The van der Waals surface area contributed by atoms with Crippen LogP contribution in [0.25, 0.3) is 22.4 Å². The molecule has 1 N–H and O–H groups in total. The molecule has 2 aliphatic rings. The van der Waals surface area contributed by atoms with E-state index in [1.807, 2.05) is 76.8 Å². The molecule has 0 radical (unpaired) electrons. The minimum Gasteiger partial charge on any atom is -0.493 e. The number of hydrogen-bond acceptors (Lipinski definition) is 10. The fourth-order valence-corrected chi connectivity index (χ4v) is 6.88. The maximum atomic E-state index is 12.8. The Balaban J connectivity index is 1.42. The molecule has 0 spiro atoms. The lowest BCUT2D eigenvalue weighted by atomic mass is 9.89. The number of benzene rings is 1. The molecule has 2 aromatic heterocycles. The number of carbonyl (C=O) groups excluding carboxylic acids is 1. The molecular weight excluding hydrogens is 636 g/mol. The molecule has 1 aromatic carbocycles. The third-order valence-corrected chi connectivity index (χ3v) is 9.35. The number of pyridine rings is 1. The second-order valence-electron chi connectivity index (χ2n) is 14.4. The lowest BCUT2D eigenvalue weighted by Gasteiger charge is -2.36. The zero-order valence-electron chi connectivity index (χ0n) is 31.2. The van der Waals surface area contributed by atoms with E-state index in [0.717, 1.165) is 54.6 Å². The van der Waals surface area contributed by atoms with E-state index in [9.17, 15) is 4.79 Å². The average molecular weight is 695 g/mol. The second kappa shape index (κ2) is 17.6. The Hall–Kier alpha value is -3.54. The summed E-state index contributed by atoms with van der Waals surface area (Å²) in [6, 6.07) is 9.72. The minimum atomic E-state index is -0.519. The van der Waals surface area contributed by atoms with Crippen molar-refractivity contribution in [3.8, 4) is 23.0 Å². The highest BCUT2D eigenvalue weighted by Crippen LogP contribution is 2.38. The van der Waals surface area contributed by atoms with Gasteiger partial charge in [-0.15, -0.1) is 0 Å². The standard InChI is InChI=1S/C39H58N4O7/c1-8-46-37(47-9-2)33(23-28-15-20-43(21-16-28)38(44)50-39(4,5)6)41-30-25-32(34-14-13-27(3)49-34)40-31-26-36(35(45-7)24-29(30)31)48-22-12-19-42-17-10-11-18-42/h13-14,24-26,28,33,37H,8-12,15-23H2,1-7H3,(H,40,41). The van der Waals surface area contributed by atoms with E-state index in [-0.39, 0.29) is 12.1 Å². The van der Waals surface area contributed by atoms with Crippen LogP contribution in [-0.2, 0) is 14.2 Å². The van der Waals surface area contributed by atoms with Gasteiger partial charge in [0, 0.05) is 50.0 Å². The summed E-state index contributed by atoms with van der Waals surface area (Å²) in [7, 11) is 1.67. The zero-order valence-corrected chi connectivity index (χ0v) is 31.2. The summed E-state index contributed by atoms with van der Waals surface area (Å²) in [5.74, 6) is 3.18. The van der Waals surface area contributed by atoms with Crippen molar-refractivity contribution in [1.29, 1.82) is 0 Å². The summed E-state index contributed by atoms with van der Waals surface area (Å²) in [6.07, 6.45) is 5.30. The van der Waals surface area contributed by atoms with Gasteiger partial charge in [0.2, 0.25) is 0 Å². The number of likely N-dealkylation sites (tertiary alicyclic amines) is 2. The molecule has 0 bridgehead atoms. The maximum Gasteiger partial charge on any atom is 0.410 e. The summed E-state index contributed by atoms with van der Waals surface area (Å²) in [5, 5.41) is 4.73. The fraction of sp³-hybridized carbons (Fsp3) is 0.641. The van der Waals surface area contributed by atoms with Crippen molar-refractivity contribution in [2.24, 2.45) is 5.92 Å². The predicted molar refractivity (Wildman–Crippen MR) is 196 cm³/mol. The monoisotopic (exact) mass is 694 g/mol. The van der Waals surface area contributed by atoms with Gasteiger partial charge in [0.15, 0.2) is 23.5 Å². The van der Waals surface area contributed by atoms with Gasteiger partial charge >= 0.3 is 6.09 Å². The molecule has 2 saturated heterocycles. The Morgan fingerprint density at radius 1 is 1.02 bits per heavy atom. The van der Waals surface area contributed by atoms with Gasteiger partial charge in [0.25, 0.3) is 0 Å². The first kappa shape index (κ1) is 37.7. The van der Waals surface area contributed by atoms with Crippen molar-refractivity contribution in [2.75, 3.05) is 65.0 Å². The number of methoxy groups -OCH3 is 1. The highest BCUT2D eigenvalue weighted by atomic mass is 16.7. The largest absolute Gasteiger partial charge is 0.493 e. The topological polar surface area (TPSA) is 108 Å².